The Labute approximate surface area is 143 Å². The molecule has 1 aliphatic heterocycles. The van der Waals surface area contributed by atoms with Gasteiger partial charge in [-0.05, 0) is 12.0 Å². The lowest BCUT2D eigenvalue weighted by atomic mass is 9.96. The molecule has 2 amide bonds. The molecule has 0 aliphatic carbocycles. The molecule has 0 radical (unpaired) electrons. The van der Waals surface area contributed by atoms with Crippen LogP contribution in [-0.4, -0.2) is 34.7 Å². The van der Waals surface area contributed by atoms with Crippen molar-refractivity contribution >= 4 is 12.0 Å². The first-order valence-electron chi connectivity index (χ1n) is 8.79. The standard InChI is InChI=1S/C19H27NO4/c1-3-4-5-9-12-17(21)14(2)18(22)20-16(13-24-19(20)23)15-10-7-6-8-11-15/h6-8,10-11,14,16-17,21H,3-5,9,12-13H2,1-2H3/t14-,16+,17+/m1/s1. The molecule has 24 heavy (non-hydrogen) atoms. The molecule has 0 spiro atoms. The Morgan fingerprint density at radius 2 is 2.00 bits per heavy atom. The number of benzene rings is 1. The van der Waals surface area contributed by atoms with E-state index in [0.29, 0.717) is 6.42 Å². The van der Waals surface area contributed by atoms with Gasteiger partial charge in [-0.15, -0.1) is 0 Å². The van der Waals surface area contributed by atoms with Gasteiger partial charge < -0.3 is 9.84 Å². The average molecular weight is 333 g/mol. The van der Waals surface area contributed by atoms with E-state index in [0.717, 1.165) is 36.1 Å². The number of ether oxygens (including phenoxy) is 1. The minimum Gasteiger partial charge on any atom is -0.446 e. The zero-order chi connectivity index (χ0) is 17.5. The maximum Gasteiger partial charge on any atom is 0.417 e. The second-order valence-corrected chi connectivity index (χ2v) is 6.42. The highest BCUT2D eigenvalue weighted by atomic mass is 16.6. The Morgan fingerprint density at radius 1 is 1.29 bits per heavy atom. The van der Waals surface area contributed by atoms with Gasteiger partial charge in [-0.3, -0.25) is 4.79 Å². The molecule has 0 unspecified atom stereocenters. The number of unbranched alkanes of at least 4 members (excludes halogenated alkanes) is 3. The van der Waals surface area contributed by atoms with Gasteiger partial charge in [-0.2, -0.15) is 0 Å². The molecule has 5 heteroatoms. The van der Waals surface area contributed by atoms with Crippen LogP contribution in [0.4, 0.5) is 4.79 Å². The van der Waals surface area contributed by atoms with Gasteiger partial charge in [0.25, 0.3) is 0 Å². The summed E-state index contributed by atoms with van der Waals surface area (Å²) in [7, 11) is 0. The maximum absolute atomic E-state index is 12.7. The van der Waals surface area contributed by atoms with Gasteiger partial charge in [0.15, 0.2) is 0 Å². The number of carbonyl (C=O) groups excluding carboxylic acids is 2. The topological polar surface area (TPSA) is 66.8 Å². The molecule has 5 nitrogen and oxygen atoms in total. The predicted molar refractivity (Wildman–Crippen MR) is 91.3 cm³/mol. The van der Waals surface area contributed by atoms with E-state index < -0.39 is 24.2 Å². The van der Waals surface area contributed by atoms with Crippen LogP contribution >= 0.6 is 0 Å². The van der Waals surface area contributed by atoms with Crippen molar-refractivity contribution in [2.45, 2.75) is 58.1 Å². The molecule has 1 aromatic carbocycles. The van der Waals surface area contributed by atoms with Gasteiger partial charge in [0, 0.05) is 0 Å². The zero-order valence-corrected chi connectivity index (χ0v) is 14.5. The van der Waals surface area contributed by atoms with Gasteiger partial charge in [-0.1, -0.05) is 69.9 Å². The number of amides is 2. The quantitative estimate of drug-likeness (QED) is 0.737. The van der Waals surface area contributed by atoms with E-state index in [9.17, 15) is 14.7 Å². The Hall–Kier alpha value is -1.88. The monoisotopic (exact) mass is 333 g/mol. The van der Waals surface area contributed by atoms with Crippen molar-refractivity contribution in [1.82, 2.24) is 4.90 Å². The van der Waals surface area contributed by atoms with Crippen molar-refractivity contribution in [3.8, 4) is 0 Å². The second-order valence-electron chi connectivity index (χ2n) is 6.42. The van der Waals surface area contributed by atoms with E-state index >= 15 is 0 Å². The molecule has 0 aromatic heterocycles. The molecular formula is C19H27NO4. The van der Waals surface area contributed by atoms with E-state index in [1.165, 1.54) is 0 Å². The van der Waals surface area contributed by atoms with E-state index in [4.69, 9.17) is 4.74 Å². The fourth-order valence-corrected chi connectivity index (χ4v) is 3.00. The fraction of sp³-hybridized carbons (Fsp3) is 0.579. The SMILES string of the molecule is CCCCCC[C@H](O)[C@@H](C)C(=O)N1C(=O)OC[C@H]1c1ccccc1. The third-order valence-electron chi connectivity index (χ3n) is 4.61. The number of hydrogen-bond donors (Lipinski definition) is 1. The number of imide groups is 1. The van der Waals surface area contributed by atoms with Gasteiger partial charge in [0.05, 0.1) is 12.0 Å². The molecule has 1 aliphatic rings. The summed E-state index contributed by atoms with van der Waals surface area (Å²) in [6.07, 6.45) is 3.41. The molecule has 1 aromatic rings. The molecule has 1 fully saturated rings. The molecule has 1 heterocycles. The molecule has 0 saturated carbocycles. The minimum absolute atomic E-state index is 0.161. The molecule has 3 atom stereocenters. The lowest BCUT2D eigenvalue weighted by molar-refractivity contribution is -0.136. The summed E-state index contributed by atoms with van der Waals surface area (Å²) in [6, 6.07) is 8.95. The summed E-state index contributed by atoms with van der Waals surface area (Å²) in [6.45, 7) is 3.97. The third kappa shape index (κ3) is 4.35. The van der Waals surface area contributed by atoms with Crippen LogP contribution in [0.2, 0.25) is 0 Å². The van der Waals surface area contributed by atoms with Crippen molar-refractivity contribution in [2.24, 2.45) is 5.92 Å². The first-order chi connectivity index (χ1) is 11.6. The van der Waals surface area contributed by atoms with Crippen LogP contribution in [-0.2, 0) is 9.53 Å². The van der Waals surface area contributed by atoms with Gasteiger partial charge in [0.1, 0.15) is 12.6 Å². The molecule has 0 bridgehead atoms. The molecule has 2 rings (SSSR count). The number of cyclic esters (lactones) is 1. The van der Waals surface area contributed by atoms with Crippen molar-refractivity contribution in [3.05, 3.63) is 35.9 Å². The van der Waals surface area contributed by atoms with Crippen molar-refractivity contribution in [2.75, 3.05) is 6.61 Å². The third-order valence-corrected chi connectivity index (χ3v) is 4.61. The minimum atomic E-state index is -0.737. The van der Waals surface area contributed by atoms with Crippen LogP contribution < -0.4 is 0 Å². The highest BCUT2D eigenvalue weighted by molar-refractivity contribution is 5.95. The largest absolute Gasteiger partial charge is 0.446 e. The van der Waals surface area contributed by atoms with Crippen LogP contribution in [0.5, 0.6) is 0 Å². The normalized spacial score (nSPS) is 19.9. The smallest absolute Gasteiger partial charge is 0.417 e. The lowest BCUT2D eigenvalue weighted by Gasteiger charge is -2.25. The summed E-state index contributed by atoms with van der Waals surface area (Å²) in [5.74, 6) is -0.988. The van der Waals surface area contributed by atoms with Crippen LogP contribution in [0.25, 0.3) is 0 Å². The number of aliphatic hydroxyl groups excluding tert-OH is 1. The zero-order valence-electron chi connectivity index (χ0n) is 14.5. The van der Waals surface area contributed by atoms with Gasteiger partial charge in [-0.25, -0.2) is 9.69 Å². The highest BCUT2D eigenvalue weighted by Gasteiger charge is 2.41. The number of aliphatic hydroxyl groups is 1. The van der Waals surface area contributed by atoms with Crippen LogP contribution in [0, 0.1) is 5.92 Å². The Bertz CT molecular complexity index is 546. The number of rotatable bonds is 8. The van der Waals surface area contributed by atoms with E-state index in [-0.39, 0.29) is 12.5 Å². The fourth-order valence-electron chi connectivity index (χ4n) is 3.00. The molecule has 1 N–H and O–H groups in total. The summed E-state index contributed by atoms with van der Waals surface area (Å²) in [5.41, 5.74) is 0.862. The number of carbonyl (C=O) groups is 2. The highest BCUT2D eigenvalue weighted by Crippen LogP contribution is 2.30. The van der Waals surface area contributed by atoms with Crippen molar-refractivity contribution in [1.29, 1.82) is 0 Å². The van der Waals surface area contributed by atoms with Crippen LogP contribution in [0.15, 0.2) is 30.3 Å². The summed E-state index contributed by atoms with van der Waals surface area (Å²) >= 11 is 0. The summed E-state index contributed by atoms with van der Waals surface area (Å²) in [4.78, 5) is 25.9. The van der Waals surface area contributed by atoms with E-state index in [2.05, 4.69) is 6.92 Å². The number of nitrogens with zero attached hydrogens (tertiary/aromatic N) is 1. The second kappa shape index (κ2) is 8.83. The Morgan fingerprint density at radius 3 is 2.67 bits per heavy atom. The number of hydrogen-bond acceptors (Lipinski definition) is 4. The average Bonchev–Trinajstić information content (AvgIpc) is 2.99. The first kappa shape index (κ1) is 18.5. The van der Waals surface area contributed by atoms with E-state index in [1.807, 2.05) is 30.3 Å². The van der Waals surface area contributed by atoms with Crippen LogP contribution in [0.3, 0.4) is 0 Å². The molecule has 1 saturated heterocycles. The maximum atomic E-state index is 12.7. The summed E-state index contributed by atoms with van der Waals surface area (Å²) in [5, 5.41) is 10.3. The van der Waals surface area contributed by atoms with Crippen LogP contribution in [0.1, 0.15) is 57.6 Å². The molecule has 132 valence electrons. The molecular weight excluding hydrogens is 306 g/mol. The Kier molecular flexibility index (Phi) is 6.79. The van der Waals surface area contributed by atoms with E-state index in [1.54, 1.807) is 6.92 Å². The first-order valence-corrected chi connectivity index (χ1v) is 8.79. The van der Waals surface area contributed by atoms with Gasteiger partial charge in [0.2, 0.25) is 5.91 Å². The summed E-state index contributed by atoms with van der Waals surface area (Å²) < 4.78 is 5.08. The van der Waals surface area contributed by atoms with Gasteiger partial charge >= 0.3 is 6.09 Å². The lowest BCUT2D eigenvalue weighted by Crippen LogP contribution is -2.41. The Balaban J connectivity index is 2.01. The van der Waals surface area contributed by atoms with Crippen molar-refractivity contribution < 1.29 is 19.4 Å². The predicted octanol–water partition coefficient (Wildman–Crippen LogP) is 3.67. The van der Waals surface area contributed by atoms with Crippen molar-refractivity contribution in [3.63, 3.8) is 0 Å².